The fraction of sp³-hybridized carbons (Fsp3) is 0.571. The molecule has 1 unspecified atom stereocenters. The molecule has 0 saturated carbocycles. The summed E-state index contributed by atoms with van der Waals surface area (Å²) >= 11 is 0. The number of hydrogen-bond acceptors (Lipinski definition) is 5. The van der Waals surface area contributed by atoms with Crippen molar-refractivity contribution >= 4 is 17.7 Å². The normalized spacial score (nSPS) is 16.6. The molecule has 0 bridgehead atoms. The van der Waals surface area contributed by atoms with Crippen molar-refractivity contribution < 1.29 is 14.7 Å². The number of nitrogens with zero attached hydrogens (tertiary/aromatic N) is 4. The van der Waals surface area contributed by atoms with Crippen LogP contribution in [0.4, 0.5) is 5.82 Å². The van der Waals surface area contributed by atoms with Gasteiger partial charge in [-0.05, 0) is 5.92 Å². The molecule has 1 aliphatic heterocycles. The van der Waals surface area contributed by atoms with E-state index in [9.17, 15) is 9.59 Å². The molecule has 1 aromatic heterocycles. The minimum atomic E-state index is -0.859. The molecule has 2 rings (SSSR count). The molecule has 0 radical (unpaired) electrons. The number of carboxylic acid groups (broad SMARTS) is 1. The van der Waals surface area contributed by atoms with E-state index in [1.54, 1.807) is 30.4 Å². The predicted molar refractivity (Wildman–Crippen MR) is 76.9 cm³/mol. The van der Waals surface area contributed by atoms with E-state index in [-0.39, 0.29) is 24.7 Å². The highest BCUT2D eigenvalue weighted by Gasteiger charge is 2.23. The van der Waals surface area contributed by atoms with Gasteiger partial charge in [0.1, 0.15) is 5.82 Å². The fourth-order valence-corrected chi connectivity index (χ4v) is 2.44. The number of aliphatic carboxylic acids is 1. The maximum absolute atomic E-state index is 12.1. The third-order valence-electron chi connectivity index (χ3n) is 3.55. The van der Waals surface area contributed by atoms with E-state index in [0.717, 1.165) is 18.9 Å². The monoisotopic (exact) mass is 292 g/mol. The molecule has 1 saturated heterocycles. The summed E-state index contributed by atoms with van der Waals surface area (Å²) in [4.78, 5) is 34.9. The van der Waals surface area contributed by atoms with Crippen LogP contribution in [0.3, 0.4) is 0 Å². The molecule has 0 aliphatic carbocycles. The van der Waals surface area contributed by atoms with E-state index in [1.165, 1.54) is 0 Å². The van der Waals surface area contributed by atoms with Gasteiger partial charge in [-0.25, -0.2) is 4.98 Å². The minimum Gasteiger partial charge on any atom is -0.481 e. The van der Waals surface area contributed by atoms with Crippen molar-refractivity contribution in [2.45, 2.75) is 19.8 Å². The van der Waals surface area contributed by atoms with Crippen LogP contribution < -0.4 is 4.90 Å². The SMILES string of the molecule is CC(CC(=O)O)CC(=O)N1CCN(c2cnccn2)CC1. The van der Waals surface area contributed by atoms with Crippen LogP contribution in [-0.4, -0.2) is 58.0 Å². The van der Waals surface area contributed by atoms with Gasteiger partial charge in [0.15, 0.2) is 0 Å². The smallest absolute Gasteiger partial charge is 0.303 e. The second-order valence-electron chi connectivity index (χ2n) is 5.34. The van der Waals surface area contributed by atoms with Crippen LogP contribution >= 0.6 is 0 Å². The quantitative estimate of drug-likeness (QED) is 0.856. The Labute approximate surface area is 123 Å². The first-order valence-electron chi connectivity index (χ1n) is 7.07. The fourth-order valence-electron chi connectivity index (χ4n) is 2.44. The van der Waals surface area contributed by atoms with E-state index < -0.39 is 5.97 Å². The van der Waals surface area contributed by atoms with Crippen LogP contribution in [0.1, 0.15) is 19.8 Å². The van der Waals surface area contributed by atoms with E-state index in [2.05, 4.69) is 14.9 Å². The number of amides is 1. The number of rotatable bonds is 5. The van der Waals surface area contributed by atoms with Gasteiger partial charge in [-0.3, -0.25) is 14.6 Å². The number of carbonyl (C=O) groups excluding carboxylic acids is 1. The number of anilines is 1. The molecule has 0 aromatic carbocycles. The Kier molecular flexibility index (Phi) is 5.08. The van der Waals surface area contributed by atoms with Gasteiger partial charge in [-0.2, -0.15) is 0 Å². The number of aromatic nitrogens is 2. The number of hydrogen-bond donors (Lipinski definition) is 1. The molecule has 1 atom stereocenters. The molecule has 1 fully saturated rings. The van der Waals surface area contributed by atoms with Crippen molar-refractivity contribution in [1.82, 2.24) is 14.9 Å². The topological polar surface area (TPSA) is 86.6 Å². The van der Waals surface area contributed by atoms with Gasteiger partial charge >= 0.3 is 5.97 Å². The molecule has 1 aromatic rings. The molecule has 21 heavy (non-hydrogen) atoms. The minimum absolute atomic E-state index is 0.0301. The van der Waals surface area contributed by atoms with Crippen LogP contribution in [0.15, 0.2) is 18.6 Å². The summed E-state index contributed by atoms with van der Waals surface area (Å²) in [6.45, 7) is 4.50. The molecule has 7 heteroatoms. The van der Waals surface area contributed by atoms with Crippen LogP contribution in [0, 0.1) is 5.92 Å². The van der Waals surface area contributed by atoms with Crippen molar-refractivity contribution in [2.24, 2.45) is 5.92 Å². The Morgan fingerprint density at radius 1 is 1.24 bits per heavy atom. The number of piperazine rings is 1. The van der Waals surface area contributed by atoms with E-state index in [4.69, 9.17) is 5.11 Å². The summed E-state index contributed by atoms with van der Waals surface area (Å²) in [5.41, 5.74) is 0. The largest absolute Gasteiger partial charge is 0.481 e. The van der Waals surface area contributed by atoms with Gasteiger partial charge in [0.2, 0.25) is 5.91 Å². The highest BCUT2D eigenvalue weighted by Crippen LogP contribution is 2.14. The first-order valence-corrected chi connectivity index (χ1v) is 7.07. The molecule has 1 aliphatic rings. The Morgan fingerprint density at radius 2 is 1.95 bits per heavy atom. The highest BCUT2D eigenvalue weighted by molar-refractivity contribution is 5.77. The average molecular weight is 292 g/mol. The second-order valence-corrected chi connectivity index (χ2v) is 5.34. The van der Waals surface area contributed by atoms with Gasteiger partial charge in [-0.15, -0.1) is 0 Å². The maximum atomic E-state index is 12.1. The average Bonchev–Trinajstić information content (AvgIpc) is 2.47. The van der Waals surface area contributed by atoms with Crippen molar-refractivity contribution in [3.8, 4) is 0 Å². The Morgan fingerprint density at radius 3 is 2.52 bits per heavy atom. The van der Waals surface area contributed by atoms with E-state index >= 15 is 0 Å². The van der Waals surface area contributed by atoms with Crippen LogP contribution in [0.5, 0.6) is 0 Å². The molecular formula is C14H20N4O3. The third-order valence-corrected chi connectivity index (χ3v) is 3.55. The molecule has 1 N–H and O–H groups in total. The number of carbonyl (C=O) groups is 2. The Bertz CT molecular complexity index is 486. The lowest BCUT2D eigenvalue weighted by Crippen LogP contribution is -2.49. The summed E-state index contributed by atoms with van der Waals surface area (Å²) in [5, 5.41) is 8.72. The lowest BCUT2D eigenvalue weighted by atomic mass is 10.0. The van der Waals surface area contributed by atoms with Gasteiger partial charge < -0.3 is 14.9 Å². The Hall–Kier alpha value is -2.18. The molecule has 0 spiro atoms. The van der Waals surface area contributed by atoms with Crippen LogP contribution in [-0.2, 0) is 9.59 Å². The second kappa shape index (κ2) is 7.01. The summed E-state index contributed by atoms with van der Waals surface area (Å²) in [7, 11) is 0. The lowest BCUT2D eigenvalue weighted by molar-refractivity contribution is -0.138. The zero-order chi connectivity index (χ0) is 15.2. The molecule has 2 heterocycles. The highest BCUT2D eigenvalue weighted by atomic mass is 16.4. The van der Waals surface area contributed by atoms with Gasteiger partial charge in [0.25, 0.3) is 0 Å². The van der Waals surface area contributed by atoms with E-state index in [1.807, 2.05) is 0 Å². The van der Waals surface area contributed by atoms with Crippen molar-refractivity contribution in [1.29, 1.82) is 0 Å². The number of carboxylic acids is 1. The lowest BCUT2D eigenvalue weighted by Gasteiger charge is -2.35. The Balaban J connectivity index is 1.81. The molecule has 114 valence electrons. The molecule has 1 amide bonds. The third kappa shape index (κ3) is 4.40. The van der Waals surface area contributed by atoms with Crippen molar-refractivity contribution in [3.05, 3.63) is 18.6 Å². The maximum Gasteiger partial charge on any atom is 0.303 e. The first kappa shape index (κ1) is 15.2. The van der Waals surface area contributed by atoms with Gasteiger partial charge in [0, 0.05) is 51.4 Å². The summed E-state index contributed by atoms with van der Waals surface area (Å²) in [6.07, 6.45) is 5.32. The van der Waals surface area contributed by atoms with Gasteiger partial charge in [-0.1, -0.05) is 6.92 Å². The van der Waals surface area contributed by atoms with Crippen LogP contribution in [0.25, 0.3) is 0 Å². The van der Waals surface area contributed by atoms with Crippen LogP contribution in [0.2, 0.25) is 0 Å². The van der Waals surface area contributed by atoms with Crippen molar-refractivity contribution in [2.75, 3.05) is 31.1 Å². The summed E-state index contributed by atoms with van der Waals surface area (Å²) in [5.74, 6) is -0.137. The zero-order valence-corrected chi connectivity index (χ0v) is 12.1. The van der Waals surface area contributed by atoms with Crippen molar-refractivity contribution in [3.63, 3.8) is 0 Å². The summed E-state index contributed by atoms with van der Waals surface area (Å²) < 4.78 is 0. The molecule has 7 nitrogen and oxygen atoms in total. The van der Waals surface area contributed by atoms with E-state index in [0.29, 0.717) is 13.1 Å². The molecular weight excluding hydrogens is 272 g/mol. The predicted octanol–water partition coefficient (Wildman–Crippen LogP) is 0.626. The van der Waals surface area contributed by atoms with Gasteiger partial charge in [0.05, 0.1) is 6.20 Å². The first-order chi connectivity index (χ1) is 10.1. The summed E-state index contributed by atoms with van der Waals surface area (Å²) in [6, 6.07) is 0. The zero-order valence-electron chi connectivity index (χ0n) is 12.1. The standard InChI is InChI=1S/C14H20N4O3/c1-11(9-14(20)21)8-13(19)18-6-4-17(5-7-18)12-10-15-2-3-16-12/h2-3,10-11H,4-9H2,1H3,(H,20,21).